The molecule has 1 aliphatic carbocycles. The van der Waals surface area contributed by atoms with E-state index < -0.39 is 0 Å². The maximum absolute atomic E-state index is 11.0. The Hall–Kier alpha value is -0.570. The molecule has 0 aromatic heterocycles. The van der Waals surface area contributed by atoms with Crippen molar-refractivity contribution < 1.29 is 9.90 Å². The van der Waals surface area contributed by atoms with Gasteiger partial charge in [-0.25, -0.2) is 0 Å². The lowest BCUT2D eigenvalue weighted by molar-refractivity contribution is -0.120. The smallest absolute Gasteiger partial charge is 0.217 e. The number of hydrogen-bond donors (Lipinski definition) is 2. The van der Waals surface area contributed by atoms with Crippen molar-refractivity contribution in [1.29, 1.82) is 0 Å². The van der Waals surface area contributed by atoms with Crippen molar-refractivity contribution in [2.45, 2.75) is 64.5 Å². The van der Waals surface area contributed by atoms with Gasteiger partial charge in [-0.15, -0.1) is 0 Å². The lowest BCUT2D eigenvalue weighted by atomic mass is 9.79. The summed E-state index contributed by atoms with van der Waals surface area (Å²) in [5.74, 6) is 0.353. The number of carbonyl (C=O) groups excluding carboxylic acids is 1. The van der Waals surface area contributed by atoms with E-state index in [2.05, 4.69) is 5.32 Å². The summed E-state index contributed by atoms with van der Waals surface area (Å²) < 4.78 is 0. The highest BCUT2D eigenvalue weighted by Crippen LogP contribution is 2.30. The van der Waals surface area contributed by atoms with Crippen LogP contribution >= 0.6 is 0 Å². The maximum Gasteiger partial charge on any atom is 0.217 e. The van der Waals surface area contributed by atoms with Crippen LogP contribution in [0.3, 0.4) is 0 Å². The normalized spacial score (nSPS) is 27.5. The highest BCUT2D eigenvalue weighted by atomic mass is 16.3. The Balaban J connectivity index is 2.47. The first-order chi connectivity index (χ1) is 6.91. The molecule has 0 bridgehead atoms. The van der Waals surface area contributed by atoms with E-state index >= 15 is 0 Å². The average Bonchev–Trinajstić information content (AvgIpc) is 2.06. The van der Waals surface area contributed by atoms with Crippen LogP contribution in [-0.4, -0.2) is 22.7 Å². The number of aliphatic hydroxyl groups is 1. The number of amides is 1. The van der Waals surface area contributed by atoms with E-state index in [1.807, 2.05) is 13.8 Å². The number of nitrogens with one attached hydrogen (secondary N) is 1. The standard InChI is InChI=1S/C12H23NO2/c1-9(14)13-12(2,3)8-10-6-4-5-7-11(10)15/h10-11,15H,4-8H2,1-3H3,(H,13,14). The predicted octanol–water partition coefficient (Wildman–Crippen LogP) is 1.84. The first-order valence-corrected chi connectivity index (χ1v) is 5.87. The minimum atomic E-state index is -0.200. The molecule has 1 aliphatic rings. The average molecular weight is 213 g/mol. The molecule has 1 fully saturated rings. The highest BCUT2D eigenvalue weighted by Gasteiger charge is 2.30. The summed E-state index contributed by atoms with van der Waals surface area (Å²) in [4.78, 5) is 11.0. The zero-order valence-corrected chi connectivity index (χ0v) is 10.0. The van der Waals surface area contributed by atoms with Crippen LogP contribution in [0.1, 0.15) is 52.9 Å². The second kappa shape index (κ2) is 4.97. The summed E-state index contributed by atoms with van der Waals surface area (Å²) in [5.41, 5.74) is -0.200. The van der Waals surface area contributed by atoms with Crippen LogP contribution in [0.5, 0.6) is 0 Å². The quantitative estimate of drug-likeness (QED) is 0.751. The molecule has 0 aromatic rings. The molecule has 0 saturated heterocycles. The summed E-state index contributed by atoms with van der Waals surface area (Å²) >= 11 is 0. The Morgan fingerprint density at radius 2 is 2.00 bits per heavy atom. The van der Waals surface area contributed by atoms with Gasteiger partial charge in [-0.3, -0.25) is 4.79 Å². The van der Waals surface area contributed by atoms with Crippen molar-refractivity contribution in [1.82, 2.24) is 5.32 Å². The molecule has 2 unspecified atom stereocenters. The van der Waals surface area contributed by atoms with Gasteiger partial charge in [0.25, 0.3) is 0 Å². The molecular formula is C12H23NO2. The number of hydrogen-bond acceptors (Lipinski definition) is 2. The third-order valence-corrected chi connectivity index (χ3v) is 3.16. The van der Waals surface area contributed by atoms with Crippen molar-refractivity contribution in [2.75, 3.05) is 0 Å². The van der Waals surface area contributed by atoms with Gasteiger partial charge in [-0.2, -0.15) is 0 Å². The Kier molecular flexibility index (Phi) is 4.14. The molecule has 0 aliphatic heterocycles. The fourth-order valence-corrected chi connectivity index (χ4v) is 2.61. The van der Waals surface area contributed by atoms with E-state index in [1.54, 1.807) is 6.92 Å². The fourth-order valence-electron chi connectivity index (χ4n) is 2.61. The van der Waals surface area contributed by atoms with E-state index in [9.17, 15) is 9.90 Å². The molecule has 1 saturated carbocycles. The summed E-state index contributed by atoms with van der Waals surface area (Å²) in [6, 6.07) is 0. The van der Waals surface area contributed by atoms with Crippen molar-refractivity contribution in [3.05, 3.63) is 0 Å². The first-order valence-electron chi connectivity index (χ1n) is 5.87. The molecule has 0 spiro atoms. The molecule has 0 aromatic carbocycles. The largest absolute Gasteiger partial charge is 0.393 e. The molecule has 0 heterocycles. The molecule has 3 heteroatoms. The van der Waals surface area contributed by atoms with Gasteiger partial charge >= 0.3 is 0 Å². The summed E-state index contributed by atoms with van der Waals surface area (Å²) in [6.07, 6.45) is 5.04. The molecule has 88 valence electrons. The zero-order valence-electron chi connectivity index (χ0n) is 10.0. The number of carbonyl (C=O) groups is 1. The van der Waals surface area contributed by atoms with Crippen molar-refractivity contribution in [3.8, 4) is 0 Å². The molecule has 2 N–H and O–H groups in total. The zero-order chi connectivity index (χ0) is 11.5. The molecule has 0 radical (unpaired) electrons. The van der Waals surface area contributed by atoms with Crippen LogP contribution < -0.4 is 5.32 Å². The van der Waals surface area contributed by atoms with Gasteiger partial charge in [0.1, 0.15) is 0 Å². The third kappa shape index (κ3) is 4.20. The predicted molar refractivity (Wildman–Crippen MR) is 60.5 cm³/mol. The Morgan fingerprint density at radius 3 is 2.53 bits per heavy atom. The molecule has 1 rings (SSSR count). The Labute approximate surface area is 92.3 Å². The van der Waals surface area contributed by atoms with E-state index in [1.165, 1.54) is 6.42 Å². The van der Waals surface area contributed by atoms with Crippen molar-refractivity contribution >= 4 is 5.91 Å². The fraction of sp³-hybridized carbons (Fsp3) is 0.917. The second-order valence-electron chi connectivity index (χ2n) is 5.38. The van der Waals surface area contributed by atoms with E-state index in [0.29, 0.717) is 5.92 Å². The van der Waals surface area contributed by atoms with E-state index in [-0.39, 0.29) is 17.6 Å². The molecule has 2 atom stereocenters. The highest BCUT2D eigenvalue weighted by molar-refractivity contribution is 5.73. The summed E-state index contributed by atoms with van der Waals surface area (Å²) in [5, 5.41) is 12.8. The van der Waals surface area contributed by atoms with Crippen molar-refractivity contribution in [2.24, 2.45) is 5.92 Å². The van der Waals surface area contributed by atoms with Gasteiger partial charge in [0.2, 0.25) is 5.91 Å². The van der Waals surface area contributed by atoms with Gasteiger partial charge < -0.3 is 10.4 Å². The SMILES string of the molecule is CC(=O)NC(C)(C)CC1CCCCC1O. The van der Waals surface area contributed by atoms with Crippen LogP contribution in [0.4, 0.5) is 0 Å². The maximum atomic E-state index is 11.0. The summed E-state index contributed by atoms with van der Waals surface area (Å²) in [6.45, 7) is 5.59. The topological polar surface area (TPSA) is 49.3 Å². The molecule has 1 amide bonds. The first kappa shape index (κ1) is 12.5. The van der Waals surface area contributed by atoms with Crippen LogP contribution in [0.25, 0.3) is 0 Å². The van der Waals surface area contributed by atoms with Crippen molar-refractivity contribution in [3.63, 3.8) is 0 Å². The van der Waals surface area contributed by atoms with Crippen LogP contribution in [-0.2, 0) is 4.79 Å². The van der Waals surface area contributed by atoms with E-state index in [4.69, 9.17) is 0 Å². The van der Waals surface area contributed by atoms with E-state index in [0.717, 1.165) is 25.7 Å². The second-order valence-corrected chi connectivity index (χ2v) is 5.38. The summed E-state index contributed by atoms with van der Waals surface area (Å²) in [7, 11) is 0. The molecule has 3 nitrogen and oxygen atoms in total. The monoisotopic (exact) mass is 213 g/mol. The number of aliphatic hydroxyl groups excluding tert-OH is 1. The lowest BCUT2D eigenvalue weighted by Gasteiger charge is -2.35. The van der Waals surface area contributed by atoms with Crippen LogP contribution in [0.15, 0.2) is 0 Å². The van der Waals surface area contributed by atoms with Gasteiger partial charge in [-0.05, 0) is 39.0 Å². The molecular weight excluding hydrogens is 190 g/mol. The minimum Gasteiger partial charge on any atom is -0.393 e. The van der Waals surface area contributed by atoms with Gasteiger partial charge in [0, 0.05) is 12.5 Å². The Bertz CT molecular complexity index is 226. The van der Waals surface area contributed by atoms with Gasteiger partial charge in [0.15, 0.2) is 0 Å². The minimum absolute atomic E-state index is 0.00491. The lowest BCUT2D eigenvalue weighted by Crippen LogP contribution is -2.45. The third-order valence-electron chi connectivity index (χ3n) is 3.16. The Morgan fingerprint density at radius 1 is 1.40 bits per heavy atom. The van der Waals surface area contributed by atoms with Crippen LogP contribution in [0, 0.1) is 5.92 Å². The van der Waals surface area contributed by atoms with Crippen LogP contribution in [0.2, 0.25) is 0 Å². The molecule has 15 heavy (non-hydrogen) atoms. The van der Waals surface area contributed by atoms with Gasteiger partial charge in [-0.1, -0.05) is 12.8 Å². The number of rotatable bonds is 3. The van der Waals surface area contributed by atoms with Gasteiger partial charge in [0.05, 0.1) is 6.10 Å².